The Labute approximate surface area is 219 Å². The van der Waals surface area contributed by atoms with Crippen LogP contribution >= 0.6 is 11.6 Å². The lowest BCUT2D eigenvalue weighted by molar-refractivity contribution is -0.149. The number of hydrogen-bond donors (Lipinski definition) is 2. The van der Waals surface area contributed by atoms with Gasteiger partial charge >= 0.3 is 5.97 Å². The number of likely N-dealkylation sites (tertiary alicyclic amines) is 1. The van der Waals surface area contributed by atoms with Crippen molar-refractivity contribution in [2.45, 2.75) is 39.0 Å². The van der Waals surface area contributed by atoms with Crippen LogP contribution in [0.1, 0.15) is 48.5 Å². The first-order chi connectivity index (χ1) is 17.6. The first kappa shape index (κ1) is 27.9. The predicted octanol–water partition coefficient (Wildman–Crippen LogP) is 3.98. The molecule has 0 spiro atoms. The summed E-state index contributed by atoms with van der Waals surface area (Å²) in [5.41, 5.74) is 1.17. The van der Waals surface area contributed by atoms with Crippen molar-refractivity contribution in [1.29, 1.82) is 0 Å². The van der Waals surface area contributed by atoms with Crippen LogP contribution in [0.2, 0.25) is 5.02 Å². The summed E-state index contributed by atoms with van der Waals surface area (Å²) in [5.74, 6) is -3.60. The van der Waals surface area contributed by atoms with Gasteiger partial charge in [0.2, 0.25) is 17.7 Å². The van der Waals surface area contributed by atoms with Crippen LogP contribution in [-0.4, -0.2) is 53.1 Å². The quantitative estimate of drug-likeness (QED) is 0.503. The molecule has 0 bridgehead atoms. The summed E-state index contributed by atoms with van der Waals surface area (Å²) in [6.07, 6.45) is 0.781. The van der Waals surface area contributed by atoms with Crippen LogP contribution in [0.15, 0.2) is 42.5 Å². The fourth-order valence-corrected chi connectivity index (χ4v) is 4.46. The van der Waals surface area contributed by atoms with Crippen LogP contribution < -0.4 is 10.1 Å². The fraction of sp³-hybridized carbons (Fsp3) is 0.370. The molecule has 37 heavy (non-hydrogen) atoms. The topological polar surface area (TPSA) is 130 Å². The Morgan fingerprint density at radius 1 is 1.16 bits per heavy atom. The monoisotopic (exact) mass is 528 g/mol. The average Bonchev–Trinajstić information content (AvgIpc) is 3.01. The summed E-state index contributed by atoms with van der Waals surface area (Å²) in [6.45, 7) is 1.42. The molecule has 2 atom stereocenters. The number of imide groups is 1. The van der Waals surface area contributed by atoms with Gasteiger partial charge in [-0.25, -0.2) is 4.79 Å². The number of anilines is 1. The highest BCUT2D eigenvalue weighted by Gasteiger charge is 2.35. The highest BCUT2D eigenvalue weighted by Crippen LogP contribution is 2.29. The summed E-state index contributed by atoms with van der Waals surface area (Å²) < 4.78 is 5.37. The molecule has 1 aliphatic heterocycles. The second-order valence-electron chi connectivity index (χ2n) is 8.93. The Bertz CT molecular complexity index is 1200. The maximum atomic E-state index is 13.4. The molecule has 1 aliphatic rings. The average molecular weight is 529 g/mol. The summed E-state index contributed by atoms with van der Waals surface area (Å²) in [7, 11) is 1.51. The number of ether oxygens (including phenoxy) is 1. The van der Waals surface area contributed by atoms with E-state index < -0.39 is 35.5 Å². The number of nitrogens with zero attached hydrogens (tertiary/aromatic N) is 1. The van der Waals surface area contributed by atoms with Gasteiger partial charge in [0.15, 0.2) is 5.78 Å². The van der Waals surface area contributed by atoms with Gasteiger partial charge in [0.25, 0.3) is 0 Å². The third kappa shape index (κ3) is 7.16. The Morgan fingerprint density at radius 2 is 1.86 bits per heavy atom. The largest absolute Gasteiger partial charge is 0.496 e. The number of carboxylic acid groups (broad SMARTS) is 1. The summed E-state index contributed by atoms with van der Waals surface area (Å²) in [6, 6.07) is 10.7. The number of rotatable bonds is 9. The molecule has 196 valence electrons. The Balaban J connectivity index is 1.72. The third-order valence-corrected chi connectivity index (χ3v) is 6.65. The Kier molecular flexibility index (Phi) is 9.41. The van der Waals surface area contributed by atoms with Crippen molar-refractivity contribution in [1.82, 2.24) is 4.90 Å². The van der Waals surface area contributed by atoms with Gasteiger partial charge in [-0.15, -0.1) is 0 Å². The van der Waals surface area contributed by atoms with Gasteiger partial charge in [-0.3, -0.25) is 24.1 Å². The fourth-order valence-electron chi connectivity index (χ4n) is 4.27. The van der Waals surface area contributed by atoms with Crippen molar-refractivity contribution in [2.24, 2.45) is 11.8 Å². The number of methoxy groups -OCH3 is 1. The molecule has 1 heterocycles. The predicted molar refractivity (Wildman–Crippen MR) is 137 cm³/mol. The number of aromatic carboxylic acids is 1. The van der Waals surface area contributed by atoms with Crippen molar-refractivity contribution in [2.75, 3.05) is 19.0 Å². The molecule has 0 aromatic heterocycles. The van der Waals surface area contributed by atoms with Crippen LogP contribution in [0.5, 0.6) is 5.75 Å². The zero-order chi connectivity index (χ0) is 27.1. The molecule has 9 nitrogen and oxygen atoms in total. The molecule has 2 aromatic carbocycles. The minimum Gasteiger partial charge on any atom is -0.496 e. The lowest BCUT2D eigenvalue weighted by Gasteiger charge is -2.24. The zero-order valence-electron chi connectivity index (χ0n) is 20.7. The van der Waals surface area contributed by atoms with Gasteiger partial charge in [-0.05, 0) is 67.3 Å². The first-order valence-electron chi connectivity index (χ1n) is 12.0. The van der Waals surface area contributed by atoms with E-state index in [2.05, 4.69) is 5.32 Å². The van der Waals surface area contributed by atoms with Crippen molar-refractivity contribution >= 4 is 46.8 Å². The number of nitrogens with one attached hydrogen (secondary N) is 1. The number of amides is 3. The molecule has 2 N–H and O–H groups in total. The van der Waals surface area contributed by atoms with E-state index in [0.29, 0.717) is 34.9 Å². The minimum atomic E-state index is -1.08. The van der Waals surface area contributed by atoms with E-state index in [1.165, 1.54) is 31.4 Å². The molecule has 1 saturated heterocycles. The highest BCUT2D eigenvalue weighted by atomic mass is 35.5. The van der Waals surface area contributed by atoms with Gasteiger partial charge in [0.1, 0.15) is 5.75 Å². The summed E-state index contributed by atoms with van der Waals surface area (Å²) >= 11 is 6.12. The second kappa shape index (κ2) is 12.5. The highest BCUT2D eigenvalue weighted by molar-refractivity contribution is 6.30. The molecular formula is C27H29ClN2O7. The van der Waals surface area contributed by atoms with Gasteiger partial charge < -0.3 is 15.2 Å². The molecule has 0 aliphatic carbocycles. The van der Waals surface area contributed by atoms with Gasteiger partial charge in [0, 0.05) is 35.4 Å². The Morgan fingerprint density at radius 3 is 2.49 bits per heavy atom. The van der Waals surface area contributed by atoms with Crippen molar-refractivity contribution < 1.29 is 33.8 Å². The van der Waals surface area contributed by atoms with Crippen LogP contribution in [0.3, 0.4) is 0 Å². The maximum Gasteiger partial charge on any atom is 0.335 e. The van der Waals surface area contributed by atoms with Gasteiger partial charge in [-0.1, -0.05) is 18.5 Å². The van der Waals surface area contributed by atoms with E-state index >= 15 is 0 Å². The number of ketones is 1. The van der Waals surface area contributed by atoms with Crippen LogP contribution in [0.25, 0.3) is 0 Å². The molecule has 3 rings (SSSR count). The number of halogens is 1. The molecule has 0 radical (unpaired) electrons. The van der Waals surface area contributed by atoms with Crippen molar-refractivity contribution in [3.05, 3.63) is 58.6 Å². The number of hydrogen-bond acceptors (Lipinski definition) is 6. The van der Waals surface area contributed by atoms with E-state index in [1.54, 1.807) is 25.1 Å². The number of benzene rings is 2. The molecule has 1 fully saturated rings. The number of carboxylic acids is 1. The molecule has 2 aromatic rings. The SMILES string of the molecule is CC[C@@H](CC(=O)N1CC(=O)CCC(Cc2cc(Cl)ccc2OC)C1=O)C(=O)Nc1ccc(C(=O)O)cc1. The second-order valence-corrected chi connectivity index (χ2v) is 9.37. The smallest absolute Gasteiger partial charge is 0.335 e. The molecule has 3 amide bonds. The Hall–Kier alpha value is -3.72. The van der Waals surface area contributed by atoms with Crippen LogP contribution in [-0.2, 0) is 25.6 Å². The molecule has 1 unspecified atom stereocenters. The minimum absolute atomic E-state index is 0.0782. The van der Waals surface area contributed by atoms with Crippen molar-refractivity contribution in [3.8, 4) is 5.75 Å². The van der Waals surface area contributed by atoms with Gasteiger partial charge in [0.05, 0.1) is 19.2 Å². The normalized spacial score (nSPS) is 16.6. The van der Waals surface area contributed by atoms with Crippen molar-refractivity contribution in [3.63, 3.8) is 0 Å². The van der Waals surface area contributed by atoms with E-state index in [9.17, 15) is 24.0 Å². The first-order valence-corrected chi connectivity index (χ1v) is 12.3. The van der Waals surface area contributed by atoms with Crippen LogP contribution in [0.4, 0.5) is 5.69 Å². The summed E-state index contributed by atoms with van der Waals surface area (Å²) in [5, 5.41) is 12.2. The summed E-state index contributed by atoms with van der Waals surface area (Å²) in [4.78, 5) is 63.8. The van der Waals surface area contributed by atoms with E-state index in [1.807, 2.05) is 0 Å². The molecule has 10 heteroatoms. The van der Waals surface area contributed by atoms with E-state index in [4.69, 9.17) is 21.4 Å². The third-order valence-electron chi connectivity index (χ3n) is 6.42. The number of carbonyl (C=O) groups is 5. The molecule has 0 saturated carbocycles. The lowest BCUT2D eigenvalue weighted by atomic mass is 9.93. The number of Topliss-reactive ketones (excluding diaryl/α,β-unsaturated/α-hetero) is 1. The van der Waals surface area contributed by atoms with E-state index in [0.717, 1.165) is 4.90 Å². The van der Waals surface area contributed by atoms with E-state index in [-0.39, 0.29) is 37.2 Å². The maximum absolute atomic E-state index is 13.4. The van der Waals surface area contributed by atoms with Gasteiger partial charge in [-0.2, -0.15) is 0 Å². The number of carbonyl (C=O) groups excluding carboxylic acids is 4. The zero-order valence-corrected chi connectivity index (χ0v) is 21.4. The standard InChI is InChI=1S/C27H29ClN2O7/c1-3-16(25(33)29-21-8-4-17(5-9-21)27(35)36)14-24(32)30-15-22(31)10-6-18(26(30)34)12-19-13-20(28)7-11-23(19)37-2/h4-5,7-9,11,13,16,18H,3,6,10,12,14-15H2,1-2H3,(H,29,33)(H,35,36)/t16-,18?/m0/s1. The lowest BCUT2D eigenvalue weighted by Crippen LogP contribution is -2.43. The molecular weight excluding hydrogens is 500 g/mol. The van der Waals surface area contributed by atoms with Crippen LogP contribution in [0, 0.1) is 11.8 Å².